The SMILES string of the molecule is Cc1ccc(Br)cc1NC(=O)c1ccccc1I. The highest BCUT2D eigenvalue weighted by atomic mass is 127. The number of carbonyl (C=O) groups is 1. The van der Waals surface area contributed by atoms with Gasteiger partial charge in [0.1, 0.15) is 0 Å². The van der Waals surface area contributed by atoms with Crippen molar-refractivity contribution in [3.05, 3.63) is 61.6 Å². The number of benzene rings is 2. The Labute approximate surface area is 128 Å². The Morgan fingerprint density at radius 3 is 2.67 bits per heavy atom. The van der Waals surface area contributed by atoms with E-state index in [0.717, 1.165) is 19.3 Å². The van der Waals surface area contributed by atoms with E-state index < -0.39 is 0 Å². The van der Waals surface area contributed by atoms with Crippen molar-refractivity contribution in [3.8, 4) is 0 Å². The van der Waals surface area contributed by atoms with Crippen molar-refractivity contribution in [1.29, 1.82) is 0 Å². The van der Waals surface area contributed by atoms with E-state index in [1.807, 2.05) is 49.4 Å². The standard InChI is InChI=1S/C14H11BrINO/c1-9-6-7-10(15)8-13(9)17-14(18)11-4-2-3-5-12(11)16/h2-8H,1H3,(H,17,18). The second-order valence-electron chi connectivity index (χ2n) is 3.89. The summed E-state index contributed by atoms with van der Waals surface area (Å²) in [5, 5.41) is 2.93. The number of hydrogen-bond donors (Lipinski definition) is 1. The third kappa shape index (κ3) is 3.11. The van der Waals surface area contributed by atoms with Gasteiger partial charge in [0.2, 0.25) is 0 Å². The molecule has 2 aromatic carbocycles. The highest BCUT2D eigenvalue weighted by Gasteiger charge is 2.10. The lowest BCUT2D eigenvalue weighted by atomic mass is 10.1. The molecule has 0 bridgehead atoms. The van der Waals surface area contributed by atoms with Crippen LogP contribution in [-0.2, 0) is 0 Å². The van der Waals surface area contributed by atoms with Crippen molar-refractivity contribution in [2.24, 2.45) is 0 Å². The monoisotopic (exact) mass is 415 g/mol. The molecule has 2 nitrogen and oxygen atoms in total. The van der Waals surface area contributed by atoms with Crippen molar-refractivity contribution in [2.45, 2.75) is 6.92 Å². The van der Waals surface area contributed by atoms with Gasteiger partial charge >= 0.3 is 0 Å². The predicted octanol–water partition coefficient (Wildman–Crippen LogP) is 4.61. The summed E-state index contributed by atoms with van der Waals surface area (Å²) in [5.41, 5.74) is 2.56. The molecule has 2 aromatic rings. The summed E-state index contributed by atoms with van der Waals surface area (Å²) in [6.45, 7) is 1.97. The number of aryl methyl sites for hydroxylation is 1. The van der Waals surface area contributed by atoms with E-state index in [0.29, 0.717) is 5.56 Å². The first-order valence-corrected chi connectivity index (χ1v) is 7.27. The smallest absolute Gasteiger partial charge is 0.256 e. The van der Waals surface area contributed by atoms with Gasteiger partial charge in [-0.1, -0.05) is 34.1 Å². The molecule has 0 unspecified atom stereocenters. The Balaban J connectivity index is 2.27. The molecule has 0 spiro atoms. The first-order valence-electron chi connectivity index (χ1n) is 5.40. The third-order valence-electron chi connectivity index (χ3n) is 2.57. The van der Waals surface area contributed by atoms with Gasteiger partial charge in [-0.2, -0.15) is 0 Å². The second-order valence-corrected chi connectivity index (χ2v) is 5.97. The number of halogens is 2. The topological polar surface area (TPSA) is 29.1 Å². The van der Waals surface area contributed by atoms with E-state index in [4.69, 9.17) is 0 Å². The zero-order chi connectivity index (χ0) is 13.1. The van der Waals surface area contributed by atoms with Crippen LogP contribution in [0.3, 0.4) is 0 Å². The number of nitrogens with one attached hydrogen (secondary N) is 1. The van der Waals surface area contributed by atoms with Crippen LogP contribution in [0.4, 0.5) is 5.69 Å². The minimum absolute atomic E-state index is 0.0822. The van der Waals surface area contributed by atoms with E-state index in [1.165, 1.54) is 0 Å². The molecule has 2 rings (SSSR count). The molecule has 0 aliphatic rings. The van der Waals surface area contributed by atoms with Gasteiger partial charge in [-0.25, -0.2) is 0 Å². The van der Waals surface area contributed by atoms with E-state index in [2.05, 4.69) is 43.8 Å². The first-order chi connectivity index (χ1) is 8.58. The molecule has 0 aliphatic carbocycles. The van der Waals surface area contributed by atoms with E-state index in [1.54, 1.807) is 0 Å². The van der Waals surface area contributed by atoms with Gasteiger partial charge in [-0.05, 0) is 59.3 Å². The Kier molecular flexibility index (Phi) is 4.40. The molecule has 92 valence electrons. The van der Waals surface area contributed by atoms with Crippen LogP contribution >= 0.6 is 38.5 Å². The van der Waals surface area contributed by atoms with Crippen LogP contribution in [0.5, 0.6) is 0 Å². The van der Waals surface area contributed by atoms with Gasteiger partial charge in [0.15, 0.2) is 0 Å². The first kappa shape index (κ1) is 13.5. The summed E-state index contributed by atoms with van der Waals surface area (Å²) in [6, 6.07) is 13.4. The Morgan fingerprint density at radius 1 is 1.22 bits per heavy atom. The lowest BCUT2D eigenvalue weighted by Gasteiger charge is -2.09. The van der Waals surface area contributed by atoms with Crippen molar-refractivity contribution in [1.82, 2.24) is 0 Å². The summed E-state index contributed by atoms with van der Waals surface area (Å²) in [7, 11) is 0. The van der Waals surface area contributed by atoms with Crippen LogP contribution in [0.15, 0.2) is 46.9 Å². The van der Waals surface area contributed by atoms with Crippen LogP contribution in [0.25, 0.3) is 0 Å². The lowest BCUT2D eigenvalue weighted by Crippen LogP contribution is -2.14. The maximum atomic E-state index is 12.2. The van der Waals surface area contributed by atoms with Gasteiger partial charge in [0.25, 0.3) is 5.91 Å². The normalized spacial score (nSPS) is 10.2. The number of rotatable bonds is 2. The molecule has 0 radical (unpaired) electrons. The van der Waals surface area contributed by atoms with Crippen LogP contribution in [0, 0.1) is 10.5 Å². The average Bonchev–Trinajstić information content (AvgIpc) is 2.34. The number of anilines is 1. The minimum atomic E-state index is -0.0822. The third-order valence-corrected chi connectivity index (χ3v) is 4.00. The molecule has 0 atom stereocenters. The van der Waals surface area contributed by atoms with Crippen molar-refractivity contribution in [3.63, 3.8) is 0 Å². The molecule has 1 amide bonds. The molecule has 0 saturated heterocycles. The second kappa shape index (κ2) is 5.84. The Morgan fingerprint density at radius 2 is 1.94 bits per heavy atom. The highest BCUT2D eigenvalue weighted by molar-refractivity contribution is 14.1. The lowest BCUT2D eigenvalue weighted by molar-refractivity contribution is 0.102. The van der Waals surface area contributed by atoms with Crippen molar-refractivity contribution < 1.29 is 4.79 Å². The molecular weight excluding hydrogens is 405 g/mol. The van der Waals surface area contributed by atoms with Crippen LogP contribution in [0.1, 0.15) is 15.9 Å². The Hall–Kier alpha value is -0.880. The zero-order valence-corrected chi connectivity index (χ0v) is 13.4. The zero-order valence-electron chi connectivity index (χ0n) is 9.71. The summed E-state index contributed by atoms with van der Waals surface area (Å²) in [5.74, 6) is -0.0822. The van der Waals surface area contributed by atoms with Crippen LogP contribution < -0.4 is 5.32 Å². The van der Waals surface area contributed by atoms with Crippen molar-refractivity contribution >= 4 is 50.1 Å². The van der Waals surface area contributed by atoms with Gasteiger partial charge in [0.05, 0.1) is 5.56 Å². The predicted molar refractivity (Wildman–Crippen MR) is 86.0 cm³/mol. The number of carbonyl (C=O) groups excluding carboxylic acids is 1. The van der Waals surface area contributed by atoms with Gasteiger partial charge in [0, 0.05) is 13.7 Å². The average molecular weight is 416 g/mol. The van der Waals surface area contributed by atoms with E-state index in [9.17, 15) is 4.79 Å². The molecule has 4 heteroatoms. The van der Waals surface area contributed by atoms with Crippen molar-refractivity contribution in [2.75, 3.05) is 5.32 Å². The van der Waals surface area contributed by atoms with Gasteiger partial charge < -0.3 is 5.32 Å². The molecule has 0 aliphatic heterocycles. The maximum absolute atomic E-state index is 12.2. The highest BCUT2D eigenvalue weighted by Crippen LogP contribution is 2.22. The quantitative estimate of drug-likeness (QED) is 0.712. The number of hydrogen-bond acceptors (Lipinski definition) is 1. The molecule has 0 fully saturated rings. The fraction of sp³-hybridized carbons (Fsp3) is 0.0714. The fourth-order valence-corrected chi connectivity index (χ4v) is 2.56. The maximum Gasteiger partial charge on any atom is 0.256 e. The fourth-order valence-electron chi connectivity index (χ4n) is 1.56. The number of amides is 1. The van der Waals surface area contributed by atoms with Crippen LogP contribution in [-0.4, -0.2) is 5.91 Å². The summed E-state index contributed by atoms with van der Waals surface area (Å²) in [4.78, 5) is 12.2. The Bertz CT molecular complexity index is 598. The molecule has 1 N–H and O–H groups in total. The molecule has 0 saturated carbocycles. The summed E-state index contributed by atoms with van der Waals surface area (Å²) < 4.78 is 1.89. The largest absolute Gasteiger partial charge is 0.322 e. The molecule has 0 heterocycles. The summed E-state index contributed by atoms with van der Waals surface area (Å²) in [6.07, 6.45) is 0. The van der Waals surface area contributed by atoms with E-state index in [-0.39, 0.29) is 5.91 Å². The molecule has 18 heavy (non-hydrogen) atoms. The van der Waals surface area contributed by atoms with Gasteiger partial charge in [-0.15, -0.1) is 0 Å². The summed E-state index contributed by atoms with van der Waals surface area (Å²) >= 11 is 5.57. The van der Waals surface area contributed by atoms with E-state index >= 15 is 0 Å². The van der Waals surface area contributed by atoms with Crippen LogP contribution in [0.2, 0.25) is 0 Å². The van der Waals surface area contributed by atoms with Gasteiger partial charge in [-0.3, -0.25) is 4.79 Å². The minimum Gasteiger partial charge on any atom is -0.322 e. The molecule has 0 aromatic heterocycles. The molecular formula is C14H11BrINO.